The van der Waals surface area contributed by atoms with Gasteiger partial charge in [-0.3, -0.25) is 4.79 Å². The molecular formula is C22H25N3O3S. The highest BCUT2D eigenvalue weighted by atomic mass is 32.2. The lowest BCUT2D eigenvalue weighted by Gasteiger charge is -2.23. The standard InChI is InChI=1S/C22H25N3O3S/c1-4-25(14-18-10-6-5-7-11-18)21(26)17(3)29-22-24-23-20(28-22)15-27-19-12-8-9-16(2)13-19/h5-13,17H,4,14-15H2,1-3H3. The number of amides is 1. The van der Waals surface area contributed by atoms with E-state index < -0.39 is 0 Å². The van der Waals surface area contributed by atoms with Crippen LogP contribution in [0.1, 0.15) is 30.9 Å². The predicted octanol–water partition coefficient (Wildman–Crippen LogP) is 4.49. The highest BCUT2D eigenvalue weighted by Gasteiger charge is 2.23. The maximum absolute atomic E-state index is 12.8. The molecule has 0 aliphatic carbocycles. The van der Waals surface area contributed by atoms with Crippen LogP contribution in [0.2, 0.25) is 0 Å². The molecule has 1 heterocycles. The van der Waals surface area contributed by atoms with Crippen molar-refractivity contribution in [2.24, 2.45) is 0 Å². The van der Waals surface area contributed by atoms with Crippen LogP contribution < -0.4 is 4.74 Å². The number of nitrogens with zero attached hydrogens (tertiary/aromatic N) is 3. The Morgan fingerprint density at radius 2 is 1.97 bits per heavy atom. The molecule has 3 rings (SSSR count). The lowest BCUT2D eigenvalue weighted by molar-refractivity contribution is -0.130. The van der Waals surface area contributed by atoms with Gasteiger partial charge in [-0.1, -0.05) is 54.2 Å². The number of carbonyl (C=O) groups is 1. The van der Waals surface area contributed by atoms with Gasteiger partial charge in [0.25, 0.3) is 11.1 Å². The highest BCUT2D eigenvalue weighted by Crippen LogP contribution is 2.24. The van der Waals surface area contributed by atoms with Gasteiger partial charge in [0, 0.05) is 13.1 Å². The molecule has 2 aromatic carbocycles. The number of thioether (sulfide) groups is 1. The maximum atomic E-state index is 12.8. The van der Waals surface area contributed by atoms with E-state index in [9.17, 15) is 4.79 Å². The highest BCUT2D eigenvalue weighted by molar-refractivity contribution is 8.00. The molecule has 7 heteroatoms. The molecule has 0 radical (unpaired) electrons. The van der Waals surface area contributed by atoms with Crippen LogP contribution in [0.15, 0.2) is 64.2 Å². The first-order chi connectivity index (χ1) is 14.0. The van der Waals surface area contributed by atoms with Crippen molar-refractivity contribution in [3.8, 4) is 5.75 Å². The fraction of sp³-hybridized carbons (Fsp3) is 0.318. The van der Waals surface area contributed by atoms with E-state index in [1.807, 2.05) is 80.3 Å². The van der Waals surface area contributed by atoms with Gasteiger partial charge in [0.2, 0.25) is 5.91 Å². The smallest absolute Gasteiger partial charge is 0.277 e. The maximum Gasteiger partial charge on any atom is 0.277 e. The van der Waals surface area contributed by atoms with E-state index >= 15 is 0 Å². The first-order valence-corrected chi connectivity index (χ1v) is 10.4. The molecule has 0 aliphatic rings. The second-order valence-electron chi connectivity index (χ2n) is 6.66. The van der Waals surface area contributed by atoms with Gasteiger partial charge in [0.1, 0.15) is 5.75 Å². The number of rotatable bonds is 9. The van der Waals surface area contributed by atoms with Crippen LogP contribution in [-0.2, 0) is 17.9 Å². The molecule has 1 aromatic heterocycles. The van der Waals surface area contributed by atoms with Gasteiger partial charge in [-0.05, 0) is 44.0 Å². The first kappa shape index (κ1) is 20.9. The number of ether oxygens (including phenoxy) is 1. The van der Waals surface area contributed by atoms with Crippen LogP contribution in [0, 0.1) is 6.92 Å². The summed E-state index contributed by atoms with van der Waals surface area (Å²) in [5.41, 5.74) is 2.22. The molecule has 1 atom stereocenters. The minimum absolute atomic E-state index is 0.0390. The summed E-state index contributed by atoms with van der Waals surface area (Å²) in [7, 11) is 0. The Balaban J connectivity index is 1.54. The predicted molar refractivity (Wildman–Crippen MR) is 113 cm³/mol. The van der Waals surface area contributed by atoms with Gasteiger partial charge in [0.15, 0.2) is 6.61 Å². The summed E-state index contributed by atoms with van der Waals surface area (Å²) in [6.45, 7) is 7.25. The Morgan fingerprint density at radius 1 is 1.17 bits per heavy atom. The largest absolute Gasteiger partial charge is 0.484 e. The van der Waals surface area contributed by atoms with E-state index in [0.29, 0.717) is 24.2 Å². The average Bonchev–Trinajstić information content (AvgIpc) is 3.18. The molecule has 0 saturated heterocycles. The second-order valence-corrected chi connectivity index (χ2v) is 7.96. The van der Waals surface area contributed by atoms with Gasteiger partial charge in [-0.15, -0.1) is 10.2 Å². The van der Waals surface area contributed by atoms with Crippen molar-refractivity contribution in [3.05, 3.63) is 71.6 Å². The van der Waals surface area contributed by atoms with Crippen molar-refractivity contribution < 1.29 is 13.9 Å². The van der Waals surface area contributed by atoms with Gasteiger partial charge in [-0.25, -0.2) is 0 Å². The number of carbonyl (C=O) groups excluding carboxylic acids is 1. The Morgan fingerprint density at radius 3 is 2.69 bits per heavy atom. The Hall–Kier alpha value is -2.80. The van der Waals surface area contributed by atoms with Gasteiger partial charge in [0.05, 0.1) is 5.25 Å². The van der Waals surface area contributed by atoms with E-state index in [-0.39, 0.29) is 17.8 Å². The van der Waals surface area contributed by atoms with Crippen molar-refractivity contribution in [1.29, 1.82) is 0 Å². The summed E-state index contributed by atoms with van der Waals surface area (Å²) in [5.74, 6) is 1.17. The van der Waals surface area contributed by atoms with E-state index in [0.717, 1.165) is 16.9 Å². The lowest BCUT2D eigenvalue weighted by Crippen LogP contribution is -2.35. The molecule has 1 unspecified atom stereocenters. The molecular weight excluding hydrogens is 386 g/mol. The van der Waals surface area contributed by atoms with Crippen LogP contribution in [-0.4, -0.2) is 32.8 Å². The van der Waals surface area contributed by atoms with E-state index in [2.05, 4.69) is 10.2 Å². The van der Waals surface area contributed by atoms with Crippen molar-refractivity contribution in [1.82, 2.24) is 15.1 Å². The van der Waals surface area contributed by atoms with Crippen LogP contribution in [0.3, 0.4) is 0 Å². The fourth-order valence-electron chi connectivity index (χ4n) is 2.80. The molecule has 0 N–H and O–H groups in total. The van der Waals surface area contributed by atoms with Crippen molar-refractivity contribution in [2.75, 3.05) is 6.54 Å². The number of hydrogen-bond acceptors (Lipinski definition) is 6. The SMILES string of the molecule is CCN(Cc1ccccc1)C(=O)C(C)Sc1nnc(COc2cccc(C)c2)o1. The Kier molecular flexibility index (Phi) is 7.30. The summed E-state index contributed by atoms with van der Waals surface area (Å²) >= 11 is 1.26. The zero-order valence-electron chi connectivity index (χ0n) is 16.9. The van der Waals surface area contributed by atoms with Gasteiger partial charge in [-0.2, -0.15) is 0 Å². The first-order valence-electron chi connectivity index (χ1n) is 9.56. The Labute approximate surface area is 175 Å². The topological polar surface area (TPSA) is 68.5 Å². The Bertz CT molecular complexity index is 930. The quantitative estimate of drug-likeness (QED) is 0.484. The summed E-state index contributed by atoms with van der Waals surface area (Å²) in [6, 6.07) is 17.7. The molecule has 0 spiro atoms. The van der Waals surface area contributed by atoms with E-state index in [1.54, 1.807) is 0 Å². The van der Waals surface area contributed by atoms with E-state index in [1.165, 1.54) is 11.8 Å². The summed E-state index contributed by atoms with van der Waals surface area (Å²) < 4.78 is 11.3. The summed E-state index contributed by atoms with van der Waals surface area (Å²) in [6.07, 6.45) is 0. The number of aromatic nitrogens is 2. The molecule has 1 amide bonds. The second kappa shape index (κ2) is 10.1. The van der Waals surface area contributed by atoms with Crippen LogP contribution >= 0.6 is 11.8 Å². The molecule has 0 saturated carbocycles. The molecule has 0 bridgehead atoms. The van der Waals surface area contributed by atoms with Crippen LogP contribution in [0.4, 0.5) is 0 Å². The minimum Gasteiger partial charge on any atom is -0.484 e. The average molecular weight is 412 g/mol. The third-order valence-corrected chi connectivity index (χ3v) is 5.26. The van der Waals surface area contributed by atoms with Crippen molar-refractivity contribution in [2.45, 2.75) is 44.4 Å². The summed E-state index contributed by atoms with van der Waals surface area (Å²) in [5, 5.41) is 8.08. The van der Waals surface area contributed by atoms with Crippen LogP contribution in [0.5, 0.6) is 5.75 Å². The third-order valence-electron chi connectivity index (χ3n) is 4.34. The number of aryl methyl sites for hydroxylation is 1. The monoisotopic (exact) mass is 411 g/mol. The number of hydrogen-bond donors (Lipinski definition) is 0. The van der Waals surface area contributed by atoms with Gasteiger partial charge >= 0.3 is 0 Å². The van der Waals surface area contributed by atoms with Crippen LogP contribution in [0.25, 0.3) is 0 Å². The molecule has 0 fully saturated rings. The molecule has 152 valence electrons. The third kappa shape index (κ3) is 6.09. The molecule has 3 aromatic rings. The normalized spacial score (nSPS) is 11.8. The number of benzene rings is 2. The fourth-order valence-corrected chi connectivity index (χ4v) is 3.59. The zero-order chi connectivity index (χ0) is 20.6. The molecule has 29 heavy (non-hydrogen) atoms. The van der Waals surface area contributed by atoms with Crippen molar-refractivity contribution in [3.63, 3.8) is 0 Å². The summed E-state index contributed by atoms with van der Waals surface area (Å²) in [4.78, 5) is 14.6. The lowest BCUT2D eigenvalue weighted by atomic mass is 10.2. The van der Waals surface area contributed by atoms with Crippen molar-refractivity contribution >= 4 is 17.7 Å². The molecule has 6 nitrogen and oxygen atoms in total. The van der Waals surface area contributed by atoms with Gasteiger partial charge < -0.3 is 14.1 Å². The molecule has 0 aliphatic heterocycles. The zero-order valence-corrected chi connectivity index (χ0v) is 17.7. The van der Waals surface area contributed by atoms with E-state index in [4.69, 9.17) is 9.15 Å². The minimum atomic E-state index is -0.329.